The van der Waals surface area contributed by atoms with Gasteiger partial charge in [-0.1, -0.05) is 18.2 Å². The van der Waals surface area contributed by atoms with Crippen LogP contribution in [0.15, 0.2) is 54.6 Å². The molecule has 2 aromatic carbocycles. The van der Waals surface area contributed by atoms with Crippen LogP contribution in [0.3, 0.4) is 0 Å². The average Bonchev–Trinajstić information content (AvgIpc) is 2.53. The summed E-state index contributed by atoms with van der Waals surface area (Å²) in [5.74, 6) is -0.931. The number of benzene rings is 2. The molecule has 1 atom stereocenters. The first-order valence-electron chi connectivity index (χ1n) is 6.64. The number of hydrazine groups is 1. The van der Waals surface area contributed by atoms with Crippen LogP contribution in [0.4, 0.5) is 4.39 Å². The standard InChI is InChI=1S/C16H15FN2O3/c1-11(22-14-5-3-2-4-6-14)15(20)18-19-16(21)12-7-9-13(17)10-8-12/h2-11H,1H3,(H,18,20)(H,19,21)/t11-/m1/s1. The molecule has 22 heavy (non-hydrogen) atoms. The van der Waals surface area contributed by atoms with Gasteiger partial charge in [-0.25, -0.2) is 4.39 Å². The number of halogens is 1. The number of hydrogen-bond acceptors (Lipinski definition) is 3. The van der Waals surface area contributed by atoms with E-state index in [0.29, 0.717) is 5.75 Å². The van der Waals surface area contributed by atoms with Crippen molar-refractivity contribution in [2.24, 2.45) is 0 Å². The molecule has 2 aromatic rings. The maximum Gasteiger partial charge on any atom is 0.279 e. The molecule has 0 aliphatic heterocycles. The molecule has 0 radical (unpaired) electrons. The Balaban J connectivity index is 1.84. The van der Waals surface area contributed by atoms with E-state index in [1.54, 1.807) is 31.2 Å². The van der Waals surface area contributed by atoms with Gasteiger partial charge < -0.3 is 4.74 Å². The van der Waals surface area contributed by atoms with Crippen LogP contribution in [0.1, 0.15) is 17.3 Å². The number of nitrogens with one attached hydrogen (secondary N) is 2. The molecule has 2 rings (SSSR count). The SMILES string of the molecule is C[C@@H](Oc1ccccc1)C(=O)NNC(=O)c1ccc(F)cc1. The molecule has 0 saturated heterocycles. The van der Waals surface area contributed by atoms with Crippen molar-refractivity contribution in [2.75, 3.05) is 0 Å². The normalized spacial score (nSPS) is 11.4. The molecule has 0 unspecified atom stereocenters. The molecule has 2 amide bonds. The van der Waals surface area contributed by atoms with Crippen molar-refractivity contribution in [3.05, 3.63) is 66.0 Å². The van der Waals surface area contributed by atoms with E-state index in [1.807, 2.05) is 6.07 Å². The zero-order valence-corrected chi connectivity index (χ0v) is 11.9. The quantitative estimate of drug-likeness (QED) is 0.850. The van der Waals surface area contributed by atoms with E-state index in [4.69, 9.17) is 4.74 Å². The predicted molar refractivity (Wildman–Crippen MR) is 78.5 cm³/mol. The van der Waals surface area contributed by atoms with Crippen LogP contribution in [0.2, 0.25) is 0 Å². The lowest BCUT2D eigenvalue weighted by atomic mass is 10.2. The molecular weight excluding hydrogens is 287 g/mol. The second-order valence-corrected chi connectivity index (χ2v) is 4.52. The maximum atomic E-state index is 12.8. The van der Waals surface area contributed by atoms with Crippen molar-refractivity contribution in [1.29, 1.82) is 0 Å². The molecule has 0 aliphatic rings. The summed E-state index contributed by atoms with van der Waals surface area (Å²) in [5, 5.41) is 0. The van der Waals surface area contributed by atoms with Crippen LogP contribution in [-0.4, -0.2) is 17.9 Å². The zero-order valence-electron chi connectivity index (χ0n) is 11.9. The van der Waals surface area contributed by atoms with E-state index < -0.39 is 23.7 Å². The van der Waals surface area contributed by atoms with E-state index in [9.17, 15) is 14.0 Å². The Kier molecular flexibility index (Phi) is 5.08. The topological polar surface area (TPSA) is 67.4 Å². The monoisotopic (exact) mass is 302 g/mol. The Morgan fingerprint density at radius 2 is 1.64 bits per heavy atom. The van der Waals surface area contributed by atoms with Gasteiger partial charge in [-0.3, -0.25) is 20.4 Å². The predicted octanol–water partition coefficient (Wildman–Crippen LogP) is 2.05. The summed E-state index contributed by atoms with van der Waals surface area (Å²) in [5.41, 5.74) is 4.74. The highest BCUT2D eigenvalue weighted by molar-refractivity contribution is 5.95. The number of para-hydroxylation sites is 1. The van der Waals surface area contributed by atoms with Gasteiger partial charge in [0.05, 0.1) is 0 Å². The van der Waals surface area contributed by atoms with Gasteiger partial charge in [0.15, 0.2) is 6.10 Å². The summed E-state index contributed by atoms with van der Waals surface area (Å²) in [4.78, 5) is 23.6. The van der Waals surface area contributed by atoms with Gasteiger partial charge >= 0.3 is 0 Å². The summed E-state index contributed by atoms with van der Waals surface area (Å²) in [6.07, 6.45) is -0.782. The summed E-state index contributed by atoms with van der Waals surface area (Å²) in [6.45, 7) is 1.56. The first-order valence-corrected chi connectivity index (χ1v) is 6.64. The van der Waals surface area contributed by atoms with Crippen molar-refractivity contribution in [2.45, 2.75) is 13.0 Å². The lowest BCUT2D eigenvalue weighted by molar-refractivity contribution is -0.128. The number of rotatable bonds is 4. The summed E-state index contributed by atoms with van der Waals surface area (Å²) < 4.78 is 18.2. The maximum absolute atomic E-state index is 12.8. The third-order valence-electron chi connectivity index (χ3n) is 2.83. The molecular formula is C16H15FN2O3. The molecule has 114 valence electrons. The van der Waals surface area contributed by atoms with E-state index in [-0.39, 0.29) is 5.56 Å². The molecule has 0 bridgehead atoms. The number of hydrogen-bond donors (Lipinski definition) is 2. The van der Waals surface area contributed by atoms with E-state index in [2.05, 4.69) is 10.9 Å². The van der Waals surface area contributed by atoms with E-state index >= 15 is 0 Å². The lowest BCUT2D eigenvalue weighted by Crippen LogP contribution is -2.47. The Hall–Kier alpha value is -2.89. The zero-order chi connectivity index (χ0) is 15.9. The van der Waals surface area contributed by atoms with Crippen molar-refractivity contribution in [1.82, 2.24) is 10.9 Å². The molecule has 5 nitrogen and oxygen atoms in total. The van der Waals surface area contributed by atoms with Gasteiger partial charge in [0.2, 0.25) is 0 Å². The largest absolute Gasteiger partial charge is 0.481 e. The minimum atomic E-state index is -0.782. The molecule has 0 fully saturated rings. The fourth-order valence-corrected chi connectivity index (χ4v) is 1.65. The highest BCUT2D eigenvalue weighted by atomic mass is 19.1. The van der Waals surface area contributed by atoms with Crippen molar-refractivity contribution < 1.29 is 18.7 Å². The fourth-order valence-electron chi connectivity index (χ4n) is 1.65. The minimum Gasteiger partial charge on any atom is -0.481 e. The lowest BCUT2D eigenvalue weighted by Gasteiger charge is -2.15. The smallest absolute Gasteiger partial charge is 0.279 e. The Bertz CT molecular complexity index is 644. The van der Waals surface area contributed by atoms with Crippen LogP contribution in [0.5, 0.6) is 5.75 Å². The summed E-state index contributed by atoms with van der Waals surface area (Å²) in [7, 11) is 0. The second-order valence-electron chi connectivity index (χ2n) is 4.52. The third-order valence-corrected chi connectivity index (χ3v) is 2.83. The Morgan fingerprint density at radius 3 is 2.27 bits per heavy atom. The highest BCUT2D eigenvalue weighted by Gasteiger charge is 2.15. The van der Waals surface area contributed by atoms with Gasteiger partial charge in [-0.2, -0.15) is 0 Å². The van der Waals surface area contributed by atoms with Gasteiger partial charge in [-0.15, -0.1) is 0 Å². The second kappa shape index (κ2) is 7.21. The Morgan fingerprint density at radius 1 is 1.00 bits per heavy atom. The third kappa shape index (κ3) is 4.31. The molecule has 0 heterocycles. The van der Waals surface area contributed by atoms with Crippen LogP contribution in [0.25, 0.3) is 0 Å². The van der Waals surface area contributed by atoms with Crippen molar-refractivity contribution >= 4 is 11.8 Å². The van der Waals surface area contributed by atoms with Crippen LogP contribution in [0, 0.1) is 5.82 Å². The minimum absolute atomic E-state index is 0.235. The van der Waals surface area contributed by atoms with E-state index in [0.717, 1.165) is 12.1 Å². The molecule has 0 aromatic heterocycles. The number of carbonyl (C=O) groups excluding carboxylic acids is 2. The number of ether oxygens (including phenoxy) is 1. The average molecular weight is 302 g/mol. The van der Waals surface area contributed by atoms with Gasteiger partial charge in [-0.05, 0) is 43.3 Å². The number of carbonyl (C=O) groups is 2. The first kappa shape index (κ1) is 15.5. The van der Waals surface area contributed by atoms with E-state index in [1.165, 1.54) is 12.1 Å². The van der Waals surface area contributed by atoms with Crippen molar-refractivity contribution in [3.8, 4) is 5.75 Å². The number of amides is 2. The van der Waals surface area contributed by atoms with Crippen molar-refractivity contribution in [3.63, 3.8) is 0 Å². The summed E-state index contributed by atoms with van der Waals surface area (Å²) in [6, 6.07) is 13.8. The molecule has 2 N–H and O–H groups in total. The van der Waals surface area contributed by atoms with Gasteiger partial charge in [0, 0.05) is 5.56 Å². The van der Waals surface area contributed by atoms with Crippen LogP contribution in [-0.2, 0) is 4.79 Å². The molecule has 0 aliphatic carbocycles. The molecule has 0 spiro atoms. The highest BCUT2D eigenvalue weighted by Crippen LogP contribution is 2.10. The summed E-state index contributed by atoms with van der Waals surface area (Å²) >= 11 is 0. The molecule has 0 saturated carbocycles. The van der Waals surface area contributed by atoms with Crippen LogP contribution >= 0.6 is 0 Å². The first-order chi connectivity index (χ1) is 10.6. The van der Waals surface area contributed by atoms with Gasteiger partial charge in [0.25, 0.3) is 11.8 Å². The fraction of sp³-hybridized carbons (Fsp3) is 0.125. The van der Waals surface area contributed by atoms with Crippen LogP contribution < -0.4 is 15.6 Å². The Labute approximate surface area is 127 Å². The molecule has 6 heteroatoms. The van der Waals surface area contributed by atoms with Gasteiger partial charge in [0.1, 0.15) is 11.6 Å².